The zero-order valence-corrected chi connectivity index (χ0v) is 22.7. The van der Waals surface area contributed by atoms with E-state index in [0.717, 1.165) is 31.6 Å². The van der Waals surface area contributed by atoms with Gasteiger partial charge in [-0.25, -0.2) is 0 Å². The maximum absolute atomic E-state index is 11.8. The van der Waals surface area contributed by atoms with E-state index in [4.69, 9.17) is 0 Å². The quantitative estimate of drug-likeness (QED) is 0.426. The lowest BCUT2D eigenvalue weighted by Gasteiger charge is -2.68. The molecule has 33 heavy (non-hydrogen) atoms. The smallest absolute Gasteiger partial charge is 0.0594 e. The highest BCUT2D eigenvalue weighted by atomic mass is 16.3. The summed E-state index contributed by atoms with van der Waals surface area (Å²) < 4.78 is 0. The molecule has 0 aromatic rings. The van der Waals surface area contributed by atoms with E-state index in [-0.39, 0.29) is 46.4 Å². The maximum Gasteiger partial charge on any atom is 0.0594 e. The van der Waals surface area contributed by atoms with Crippen LogP contribution in [0.2, 0.25) is 0 Å². The van der Waals surface area contributed by atoms with Crippen LogP contribution in [0.1, 0.15) is 113 Å². The summed E-state index contributed by atoms with van der Waals surface area (Å²) in [5.41, 5.74) is -0.0408. The van der Waals surface area contributed by atoms with Crippen LogP contribution in [0.4, 0.5) is 0 Å². The maximum atomic E-state index is 11.8. The van der Waals surface area contributed by atoms with Crippen molar-refractivity contribution in [2.24, 2.45) is 57.2 Å². The molecule has 0 amide bonds. The highest BCUT2D eigenvalue weighted by Crippen LogP contribution is 2.74. The van der Waals surface area contributed by atoms with E-state index in [9.17, 15) is 15.3 Å². The molecular formula is C30H54O3. The van der Waals surface area contributed by atoms with Crippen LogP contribution >= 0.6 is 0 Å². The third-order valence-electron chi connectivity index (χ3n) is 12.6. The van der Waals surface area contributed by atoms with Gasteiger partial charge in [0.2, 0.25) is 0 Å². The minimum Gasteiger partial charge on any atom is -0.396 e. The van der Waals surface area contributed by atoms with Crippen LogP contribution in [0, 0.1) is 57.2 Å². The first-order valence-corrected chi connectivity index (χ1v) is 14.3. The summed E-state index contributed by atoms with van der Waals surface area (Å²) in [7, 11) is 0. The van der Waals surface area contributed by atoms with Gasteiger partial charge in [-0.1, -0.05) is 67.7 Å². The summed E-state index contributed by atoms with van der Waals surface area (Å²) in [5.74, 6) is 3.10. The van der Waals surface area contributed by atoms with Crippen molar-refractivity contribution in [1.82, 2.24) is 0 Å². The molecule has 0 aromatic carbocycles. The fourth-order valence-corrected chi connectivity index (χ4v) is 10.6. The number of hydrogen-bond donors (Lipinski definition) is 3. The minimum atomic E-state index is -0.362. The molecule has 0 unspecified atom stereocenters. The average Bonchev–Trinajstić information content (AvgIpc) is 3.06. The van der Waals surface area contributed by atoms with Crippen molar-refractivity contribution in [2.75, 3.05) is 6.61 Å². The third kappa shape index (κ3) is 3.69. The van der Waals surface area contributed by atoms with E-state index in [1.165, 1.54) is 38.5 Å². The third-order valence-corrected chi connectivity index (χ3v) is 12.6. The Morgan fingerprint density at radius 2 is 1.58 bits per heavy atom. The molecule has 4 aliphatic carbocycles. The Morgan fingerprint density at radius 1 is 0.879 bits per heavy atom. The molecule has 3 N–H and O–H groups in total. The Morgan fingerprint density at radius 3 is 2.21 bits per heavy atom. The van der Waals surface area contributed by atoms with Crippen LogP contribution in [0.15, 0.2) is 0 Å². The molecule has 0 bridgehead atoms. The zero-order valence-electron chi connectivity index (χ0n) is 22.7. The molecule has 0 aromatic heterocycles. The molecule has 0 radical (unpaired) electrons. The monoisotopic (exact) mass is 462 g/mol. The van der Waals surface area contributed by atoms with Crippen LogP contribution in [-0.2, 0) is 0 Å². The second-order valence-electron chi connectivity index (χ2n) is 14.6. The van der Waals surface area contributed by atoms with Crippen molar-refractivity contribution < 1.29 is 15.3 Å². The van der Waals surface area contributed by atoms with Gasteiger partial charge < -0.3 is 15.3 Å². The van der Waals surface area contributed by atoms with Crippen molar-refractivity contribution in [3.63, 3.8) is 0 Å². The predicted octanol–water partition coefficient (Wildman–Crippen LogP) is 6.44. The van der Waals surface area contributed by atoms with Gasteiger partial charge >= 0.3 is 0 Å². The number of aliphatic hydroxyl groups is 3. The first-order chi connectivity index (χ1) is 15.3. The Labute approximate surface area is 204 Å². The van der Waals surface area contributed by atoms with E-state index in [1.807, 2.05) is 0 Å². The van der Waals surface area contributed by atoms with E-state index >= 15 is 0 Å². The highest BCUT2D eigenvalue weighted by Gasteiger charge is 2.70. The van der Waals surface area contributed by atoms with Crippen molar-refractivity contribution >= 4 is 0 Å². The van der Waals surface area contributed by atoms with Gasteiger partial charge in [-0.05, 0) is 96.7 Å². The predicted molar refractivity (Wildman–Crippen MR) is 136 cm³/mol. The summed E-state index contributed by atoms with van der Waals surface area (Å²) in [5, 5.41) is 33.7. The number of fused-ring (bicyclic) bond motifs is 5. The van der Waals surface area contributed by atoms with E-state index < -0.39 is 0 Å². The highest BCUT2D eigenvalue weighted by molar-refractivity contribution is 5.19. The lowest BCUT2D eigenvalue weighted by atomic mass is 9.37. The first-order valence-electron chi connectivity index (χ1n) is 14.3. The van der Waals surface area contributed by atoms with Crippen LogP contribution in [0.25, 0.3) is 0 Å². The average molecular weight is 463 g/mol. The topological polar surface area (TPSA) is 60.7 Å². The van der Waals surface area contributed by atoms with Gasteiger partial charge in [0.05, 0.1) is 12.2 Å². The molecule has 0 heterocycles. The van der Waals surface area contributed by atoms with Crippen molar-refractivity contribution in [3.05, 3.63) is 0 Å². The summed E-state index contributed by atoms with van der Waals surface area (Å²) in [4.78, 5) is 0. The second kappa shape index (κ2) is 8.77. The molecule has 4 aliphatic rings. The van der Waals surface area contributed by atoms with Gasteiger partial charge in [0.1, 0.15) is 0 Å². The molecule has 192 valence electrons. The molecule has 0 aliphatic heterocycles. The van der Waals surface area contributed by atoms with Gasteiger partial charge in [-0.3, -0.25) is 0 Å². The molecule has 0 saturated heterocycles. The largest absolute Gasteiger partial charge is 0.396 e. The lowest BCUT2D eigenvalue weighted by molar-refractivity contribution is -0.245. The van der Waals surface area contributed by atoms with Gasteiger partial charge in [0.15, 0.2) is 0 Å². The van der Waals surface area contributed by atoms with Gasteiger partial charge in [0.25, 0.3) is 0 Å². The molecule has 10 atom stereocenters. The summed E-state index contributed by atoms with van der Waals surface area (Å²) in [6.45, 7) is 16.8. The Bertz CT molecular complexity index is 703. The molecule has 4 fully saturated rings. The van der Waals surface area contributed by atoms with E-state index in [2.05, 4.69) is 48.5 Å². The molecule has 0 spiro atoms. The number of rotatable bonds is 6. The fourth-order valence-electron chi connectivity index (χ4n) is 10.6. The normalized spacial score (nSPS) is 49.9. The molecule has 4 rings (SSSR count). The number of hydrogen-bond acceptors (Lipinski definition) is 3. The van der Waals surface area contributed by atoms with Crippen molar-refractivity contribution in [2.45, 2.75) is 125 Å². The van der Waals surface area contributed by atoms with Crippen molar-refractivity contribution in [1.29, 1.82) is 0 Å². The van der Waals surface area contributed by atoms with Crippen LogP contribution in [-0.4, -0.2) is 34.1 Å². The Balaban J connectivity index is 1.64. The molecule has 4 saturated carbocycles. The van der Waals surface area contributed by atoms with Gasteiger partial charge in [-0.2, -0.15) is 0 Å². The van der Waals surface area contributed by atoms with E-state index in [0.29, 0.717) is 23.7 Å². The van der Waals surface area contributed by atoms with Crippen molar-refractivity contribution in [3.8, 4) is 0 Å². The van der Waals surface area contributed by atoms with Gasteiger partial charge in [0, 0.05) is 12.0 Å². The minimum absolute atomic E-state index is 0.119. The lowest BCUT2D eigenvalue weighted by Crippen LogP contribution is -2.66. The molecule has 3 nitrogen and oxygen atoms in total. The number of aliphatic hydroxyl groups excluding tert-OH is 3. The first kappa shape index (κ1) is 26.0. The second-order valence-corrected chi connectivity index (χ2v) is 14.6. The van der Waals surface area contributed by atoms with Crippen LogP contribution in [0.5, 0.6) is 0 Å². The Hall–Kier alpha value is -0.120. The molecular weight excluding hydrogens is 408 g/mol. The molecule has 3 heteroatoms. The van der Waals surface area contributed by atoms with Gasteiger partial charge in [-0.15, -0.1) is 0 Å². The fraction of sp³-hybridized carbons (Fsp3) is 1.00. The summed E-state index contributed by atoms with van der Waals surface area (Å²) in [6.07, 6.45) is 10.6. The SMILES string of the molecule is CC(C)CCC[C@@H](C)[C@H]1CC[C@@]2(CO)[C@@H]3[C@H](O)C[C@H]4C(C)(C)[C@@H](O)CC[C@]4(C)[C@H]3CC[C@]12C. The van der Waals surface area contributed by atoms with Crippen LogP contribution < -0.4 is 0 Å². The summed E-state index contributed by atoms with van der Waals surface area (Å²) >= 11 is 0. The standard InChI is InChI=1S/C30H54O3/c1-19(2)9-8-10-20(3)21-12-16-30(18-31)26-22(11-15-29(21,30)7)28(6)14-13-25(33)27(4,5)24(28)17-23(26)32/h19-26,31-33H,8-18H2,1-7H3/t20-,21-,22+,23-,24+,25+,26+,28-,29-,30-/m1/s1. The summed E-state index contributed by atoms with van der Waals surface area (Å²) in [6, 6.07) is 0. The zero-order chi connectivity index (χ0) is 24.4. The van der Waals surface area contributed by atoms with Crippen LogP contribution in [0.3, 0.4) is 0 Å². The Kier molecular flexibility index (Phi) is 6.90. The van der Waals surface area contributed by atoms with E-state index in [1.54, 1.807) is 0 Å².